The number of ether oxygens (including phenoxy) is 1. The van der Waals surface area contributed by atoms with Crippen molar-refractivity contribution < 1.29 is 13.9 Å². The Morgan fingerprint density at radius 3 is 2.56 bits per heavy atom. The van der Waals surface area contributed by atoms with Crippen molar-refractivity contribution in [2.75, 3.05) is 0 Å². The summed E-state index contributed by atoms with van der Waals surface area (Å²) in [5.74, 6) is -0.192. The van der Waals surface area contributed by atoms with Gasteiger partial charge in [0, 0.05) is 6.04 Å². The maximum absolute atomic E-state index is 13.0. The molecule has 25 heavy (non-hydrogen) atoms. The van der Waals surface area contributed by atoms with E-state index in [0.29, 0.717) is 0 Å². The number of nitrogens with zero attached hydrogens (tertiary/aromatic N) is 1. The van der Waals surface area contributed by atoms with Crippen molar-refractivity contribution >= 4 is 6.09 Å². The van der Waals surface area contributed by atoms with E-state index in [2.05, 4.69) is 6.08 Å². The van der Waals surface area contributed by atoms with Crippen LogP contribution in [-0.4, -0.2) is 28.7 Å². The van der Waals surface area contributed by atoms with Crippen molar-refractivity contribution in [2.24, 2.45) is 0 Å². The smallest absolute Gasteiger partial charge is 0.411 e. The van der Waals surface area contributed by atoms with E-state index >= 15 is 0 Å². The van der Waals surface area contributed by atoms with Crippen LogP contribution in [-0.2, 0) is 11.2 Å². The summed E-state index contributed by atoms with van der Waals surface area (Å²) in [7, 11) is 0. The zero-order chi connectivity index (χ0) is 18.0. The Bertz CT molecular complexity index is 645. The lowest BCUT2D eigenvalue weighted by Crippen LogP contribution is -2.53. The van der Waals surface area contributed by atoms with Gasteiger partial charge in [0.1, 0.15) is 11.4 Å². The van der Waals surface area contributed by atoms with E-state index in [9.17, 15) is 9.18 Å². The van der Waals surface area contributed by atoms with E-state index < -0.39 is 5.60 Å². The van der Waals surface area contributed by atoms with Crippen LogP contribution in [0.3, 0.4) is 0 Å². The summed E-state index contributed by atoms with van der Waals surface area (Å²) >= 11 is 0. The Morgan fingerprint density at radius 1 is 1.20 bits per heavy atom. The molecule has 0 saturated carbocycles. The van der Waals surface area contributed by atoms with Crippen LogP contribution in [0.5, 0.6) is 0 Å². The average molecular weight is 345 g/mol. The molecule has 2 atom stereocenters. The van der Waals surface area contributed by atoms with Gasteiger partial charge in [-0.05, 0) is 77.0 Å². The lowest BCUT2D eigenvalue weighted by Gasteiger charge is -2.45. The van der Waals surface area contributed by atoms with Gasteiger partial charge >= 0.3 is 6.09 Å². The highest BCUT2D eigenvalue weighted by molar-refractivity contribution is 5.70. The minimum Gasteiger partial charge on any atom is -0.444 e. The maximum Gasteiger partial charge on any atom is 0.411 e. The zero-order valence-electron chi connectivity index (χ0n) is 15.4. The average Bonchev–Trinajstić information content (AvgIpc) is 2.51. The second-order valence-corrected chi connectivity index (χ2v) is 8.20. The van der Waals surface area contributed by atoms with Crippen molar-refractivity contribution in [3.8, 4) is 0 Å². The molecule has 1 aromatic rings. The van der Waals surface area contributed by atoms with Crippen molar-refractivity contribution in [1.29, 1.82) is 0 Å². The Labute approximate surface area is 149 Å². The molecule has 1 amide bonds. The van der Waals surface area contributed by atoms with E-state index in [1.807, 2.05) is 37.8 Å². The highest BCUT2D eigenvalue weighted by Crippen LogP contribution is 2.35. The molecule has 0 aromatic heterocycles. The van der Waals surface area contributed by atoms with Crippen LogP contribution in [0, 0.1) is 5.82 Å². The molecule has 2 unspecified atom stereocenters. The number of carbonyl (C=O) groups is 1. The zero-order valence-corrected chi connectivity index (χ0v) is 15.4. The van der Waals surface area contributed by atoms with Gasteiger partial charge in [0.15, 0.2) is 0 Å². The lowest BCUT2D eigenvalue weighted by molar-refractivity contribution is -0.00157. The molecule has 0 radical (unpaired) electrons. The minimum absolute atomic E-state index is 0.158. The molecule has 136 valence electrons. The maximum atomic E-state index is 13.0. The summed E-state index contributed by atoms with van der Waals surface area (Å²) in [5, 5.41) is 0. The third kappa shape index (κ3) is 4.62. The SMILES string of the molecule is CC(C)(C)OC(=O)N1C2C=C(CCc3ccc(F)cc3)CC1CCC2. The third-order valence-electron chi connectivity index (χ3n) is 4.97. The van der Waals surface area contributed by atoms with Crippen molar-refractivity contribution in [1.82, 2.24) is 4.90 Å². The van der Waals surface area contributed by atoms with Gasteiger partial charge in [0.05, 0.1) is 6.04 Å². The summed E-state index contributed by atoms with van der Waals surface area (Å²) in [4.78, 5) is 14.5. The number of aryl methyl sites for hydroxylation is 1. The molecule has 0 N–H and O–H groups in total. The second-order valence-electron chi connectivity index (χ2n) is 8.20. The largest absolute Gasteiger partial charge is 0.444 e. The summed E-state index contributed by atoms with van der Waals surface area (Å²) < 4.78 is 18.6. The predicted octanol–water partition coefficient (Wildman–Crippen LogP) is 5.25. The van der Waals surface area contributed by atoms with Crippen molar-refractivity contribution in [3.05, 3.63) is 47.3 Å². The number of hydrogen-bond donors (Lipinski definition) is 0. The lowest BCUT2D eigenvalue weighted by atomic mass is 9.83. The first-order chi connectivity index (χ1) is 11.8. The van der Waals surface area contributed by atoms with Crippen LogP contribution < -0.4 is 0 Å². The van der Waals surface area contributed by atoms with Crippen LogP contribution >= 0.6 is 0 Å². The highest BCUT2D eigenvalue weighted by atomic mass is 19.1. The number of fused-ring (bicyclic) bond motifs is 2. The normalized spacial score (nSPS) is 23.2. The van der Waals surface area contributed by atoms with Crippen LogP contribution in [0.2, 0.25) is 0 Å². The van der Waals surface area contributed by atoms with Crippen molar-refractivity contribution in [3.63, 3.8) is 0 Å². The number of amides is 1. The molecule has 2 aliphatic heterocycles. The predicted molar refractivity (Wildman–Crippen MR) is 96.9 cm³/mol. The molecular weight excluding hydrogens is 317 g/mol. The second kappa shape index (κ2) is 7.19. The van der Waals surface area contributed by atoms with Gasteiger partial charge in [-0.1, -0.05) is 23.8 Å². The molecule has 3 rings (SSSR count). The summed E-state index contributed by atoms with van der Waals surface area (Å²) in [6.45, 7) is 5.73. The fraction of sp³-hybridized carbons (Fsp3) is 0.571. The Balaban J connectivity index is 1.66. The van der Waals surface area contributed by atoms with E-state index in [1.165, 1.54) is 17.7 Å². The number of halogens is 1. The quantitative estimate of drug-likeness (QED) is 0.701. The topological polar surface area (TPSA) is 29.5 Å². The first kappa shape index (κ1) is 18.0. The van der Waals surface area contributed by atoms with Gasteiger partial charge in [0.2, 0.25) is 0 Å². The van der Waals surface area contributed by atoms with Gasteiger partial charge in [-0.2, -0.15) is 0 Å². The fourth-order valence-electron chi connectivity index (χ4n) is 3.86. The summed E-state index contributed by atoms with van der Waals surface area (Å²) in [6.07, 6.45) is 8.12. The highest BCUT2D eigenvalue weighted by Gasteiger charge is 2.38. The van der Waals surface area contributed by atoms with Crippen LogP contribution in [0.25, 0.3) is 0 Å². The molecule has 4 heteroatoms. The van der Waals surface area contributed by atoms with Gasteiger partial charge in [0.25, 0.3) is 0 Å². The number of hydrogen-bond acceptors (Lipinski definition) is 2. The number of piperidine rings is 1. The van der Waals surface area contributed by atoms with Crippen molar-refractivity contribution in [2.45, 2.75) is 77.0 Å². The van der Waals surface area contributed by atoms with Gasteiger partial charge in [-0.25, -0.2) is 9.18 Å². The van der Waals surface area contributed by atoms with E-state index in [4.69, 9.17) is 4.74 Å². The molecule has 1 aromatic carbocycles. The van der Waals surface area contributed by atoms with Crippen LogP contribution in [0.15, 0.2) is 35.9 Å². The molecule has 0 aliphatic carbocycles. The van der Waals surface area contributed by atoms with Gasteiger partial charge in [-0.15, -0.1) is 0 Å². The first-order valence-electron chi connectivity index (χ1n) is 9.27. The molecule has 3 nitrogen and oxygen atoms in total. The van der Waals surface area contributed by atoms with E-state index in [1.54, 1.807) is 0 Å². The monoisotopic (exact) mass is 345 g/mol. The van der Waals surface area contributed by atoms with Crippen LogP contribution in [0.4, 0.5) is 9.18 Å². The minimum atomic E-state index is -0.460. The number of carbonyl (C=O) groups excluding carboxylic acids is 1. The molecule has 1 fully saturated rings. The molecule has 2 aliphatic rings. The Morgan fingerprint density at radius 2 is 1.92 bits per heavy atom. The first-order valence-corrected chi connectivity index (χ1v) is 9.27. The summed E-state index contributed by atoms with van der Waals surface area (Å²) in [6, 6.07) is 7.15. The van der Waals surface area contributed by atoms with Gasteiger partial charge in [-0.3, -0.25) is 4.90 Å². The van der Waals surface area contributed by atoms with E-state index in [-0.39, 0.29) is 24.0 Å². The Kier molecular flexibility index (Phi) is 5.16. The molecular formula is C21H28FNO2. The standard InChI is InChI=1S/C21H28FNO2/c1-21(2,3)25-20(24)23-18-5-4-6-19(23)14-16(13-18)8-7-15-9-11-17(22)12-10-15/h9-13,18-19H,4-8,14H2,1-3H3. The number of benzene rings is 1. The molecule has 2 heterocycles. The van der Waals surface area contributed by atoms with Gasteiger partial charge < -0.3 is 4.74 Å². The third-order valence-corrected chi connectivity index (χ3v) is 4.97. The number of rotatable bonds is 3. The summed E-state index contributed by atoms with van der Waals surface area (Å²) in [5.41, 5.74) is 2.11. The van der Waals surface area contributed by atoms with Crippen LogP contribution in [0.1, 0.15) is 58.4 Å². The molecule has 1 saturated heterocycles. The molecule has 0 spiro atoms. The Hall–Kier alpha value is -1.84. The fourth-order valence-corrected chi connectivity index (χ4v) is 3.86. The van der Waals surface area contributed by atoms with E-state index in [0.717, 1.165) is 44.1 Å². The molecule has 2 bridgehead atoms.